The second kappa shape index (κ2) is 36.8. The van der Waals surface area contributed by atoms with Crippen LogP contribution in [-0.2, 0) is 0 Å². The number of unbranched alkanes of at least 4 members (excludes halogenated alkanes) is 24. The van der Waals surface area contributed by atoms with Gasteiger partial charge in [0.05, 0.1) is 6.54 Å². The molecule has 0 atom stereocenters. The van der Waals surface area contributed by atoms with E-state index in [2.05, 4.69) is 54.5 Å². The first-order valence-electron chi connectivity index (χ1n) is 19.0. The van der Waals surface area contributed by atoms with Gasteiger partial charge in [0.1, 0.15) is 5.84 Å². The van der Waals surface area contributed by atoms with Crippen molar-refractivity contribution in [3.63, 3.8) is 0 Å². The third-order valence-corrected chi connectivity index (χ3v) is 8.27. The predicted molar refractivity (Wildman–Crippen MR) is 196 cm³/mol. The van der Waals surface area contributed by atoms with Gasteiger partial charge in [0, 0.05) is 25.2 Å². The number of rotatable bonds is 30. The summed E-state index contributed by atoms with van der Waals surface area (Å²) in [5.41, 5.74) is 11.1. The molecule has 0 bridgehead atoms. The van der Waals surface area contributed by atoms with Crippen LogP contribution < -0.4 is 16.8 Å². The van der Waals surface area contributed by atoms with E-state index in [-0.39, 0.29) is 0 Å². The molecule has 0 unspecified atom stereocenters. The summed E-state index contributed by atoms with van der Waals surface area (Å²) in [6, 6.07) is 0. The van der Waals surface area contributed by atoms with Gasteiger partial charge in [-0.3, -0.25) is 4.99 Å². The Labute approximate surface area is 270 Å². The topological polar surface area (TPSA) is 76.4 Å². The summed E-state index contributed by atoms with van der Waals surface area (Å²) in [6.07, 6.45) is 47.9. The SMILES string of the molecule is CCCCCCCCCCCCCC=CC=C(C=CCCCCCCCCCCCCCCC)C1=NCCN1.NCCN. The molecule has 0 amide bonds. The molecule has 4 nitrogen and oxygen atoms in total. The number of nitrogens with zero attached hydrogens (tertiary/aromatic N) is 1. The summed E-state index contributed by atoms with van der Waals surface area (Å²) in [5.74, 6) is 1.08. The van der Waals surface area contributed by atoms with E-state index in [0.717, 1.165) is 18.9 Å². The summed E-state index contributed by atoms with van der Waals surface area (Å²) >= 11 is 0. The quantitative estimate of drug-likeness (QED) is 0.0567. The number of nitrogens with one attached hydrogen (secondary N) is 1. The van der Waals surface area contributed by atoms with Crippen molar-refractivity contribution in [2.45, 2.75) is 181 Å². The van der Waals surface area contributed by atoms with Crippen LogP contribution in [0.4, 0.5) is 0 Å². The van der Waals surface area contributed by atoms with Gasteiger partial charge in [0.25, 0.3) is 0 Å². The van der Waals surface area contributed by atoms with Crippen molar-refractivity contribution in [3.8, 4) is 0 Å². The number of hydrogen-bond donors (Lipinski definition) is 3. The smallest absolute Gasteiger partial charge is 0.128 e. The second-order valence-electron chi connectivity index (χ2n) is 12.5. The van der Waals surface area contributed by atoms with Gasteiger partial charge in [-0.05, 0) is 25.7 Å². The first-order chi connectivity index (χ1) is 21.3. The molecule has 1 aliphatic rings. The van der Waals surface area contributed by atoms with Crippen molar-refractivity contribution in [1.29, 1.82) is 0 Å². The van der Waals surface area contributed by atoms with E-state index in [9.17, 15) is 0 Å². The van der Waals surface area contributed by atoms with E-state index in [1.54, 1.807) is 0 Å². The summed E-state index contributed by atoms with van der Waals surface area (Å²) in [4.78, 5) is 4.66. The molecule has 1 heterocycles. The van der Waals surface area contributed by atoms with E-state index in [1.807, 2.05) is 0 Å². The minimum absolute atomic E-state index is 0.597. The Hall–Kier alpha value is -1.39. The molecule has 252 valence electrons. The first-order valence-corrected chi connectivity index (χ1v) is 19.0. The molecule has 0 saturated heterocycles. The molecular weight excluding hydrogens is 524 g/mol. The van der Waals surface area contributed by atoms with Crippen molar-refractivity contribution in [1.82, 2.24) is 5.32 Å². The lowest BCUT2D eigenvalue weighted by atomic mass is 10.0. The van der Waals surface area contributed by atoms with Crippen LogP contribution in [0.25, 0.3) is 0 Å². The van der Waals surface area contributed by atoms with Crippen LogP contribution in [0, 0.1) is 0 Å². The largest absolute Gasteiger partial charge is 0.368 e. The molecule has 1 rings (SSSR count). The molecule has 4 heteroatoms. The Morgan fingerprint density at radius 2 is 0.977 bits per heavy atom. The van der Waals surface area contributed by atoms with E-state index in [1.165, 1.54) is 173 Å². The fourth-order valence-electron chi connectivity index (χ4n) is 5.49. The fraction of sp³-hybridized carbons (Fsp3) is 0.821. The number of amidine groups is 1. The molecule has 0 spiro atoms. The zero-order valence-corrected chi connectivity index (χ0v) is 29.2. The summed E-state index contributed by atoms with van der Waals surface area (Å²) < 4.78 is 0. The molecule has 0 fully saturated rings. The highest BCUT2D eigenvalue weighted by Crippen LogP contribution is 2.14. The number of hydrogen-bond acceptors (Lipinski definition) is 4. The average molecular weight is 601 g/mol. The van der Waals surface area contributed by atoms with Gasteiger partial charge >= 0.3 is 0 Å². The van der Waals surface area contributed by atoms with Crippen molar-refractivity contribution in [2.24, 2.45) is 16.5 Å². The molecular formula is C39H76N4. The van der Waals surface area contributed by atoms with Crippen molar-refractivity contribution >= 4 is 5.84 Å². The van der Waals surface area contributed by atoms with Gasteiger partial charge in [-0.1, -0.05) is 185 Å². The number of aliphatic imine (C=N–C) groups is 1. The Bertz CT molecular complexity index is 662. The highest BCUT2D eigenvalue weighted by atomic mass is 15.1. The highest BCUT2D eigenvalue weighted by Gasteiger charge is 2.07. The van der Waals surface area contributed by atoms with Crippen LogP contribution in [-0.4, -0.2) is 32.0 Å². The van der Waals surface area contributed by atoms with Crippen LogP contribution in [0.2, 0.25) is 0 Å². The van der Waals surface area contributed by atoms with Crippen LogP contribution in [0.15, 0.2) is 40.9 Å². The standard InChI is InChI=1S/C37H68N2.C2H8N2/c1-3-5-7-9-11-13-15-17-19-21-23-25-27-29-31-33-36(37-38-34-35-39-37)32-30-28-26-24-22-20-18-16-14-12-10-8-6-4-2;3-1-2-4/h28,30-33H,3-27,29,34-35H2,1-2H3,(H,38,39);1-4H2. The molecule has 0 saturated carbocycles. The lowest BCUT2D eigenvalue weighted by molar-refractivity contribution is 0.540. The predicted octanol–water partition coefficient (Wildman–Crippen LogP) is 11.1. The second-order valence-corrected chi connectivity index (χ2v) is 12.5. The lowest BCUT2D eigenvalue weighted by Gasteiger charge is -2.03. The summed E-state index contributed by atoms with van der Waals surface area (Å²) in [5, 5.41) is 3.46. The Morgan fingerprint density at radius 3 is 1.35 bits per heavy atom. The van der Waals surface area contributed by atoms with Gasteiger partial charge < -0.3 is 16.8 Å². The first kappa shape index (κ1) is 41.6. The van der Waals surface area contributed by atoms with E-state index < -0.39 is 0 Å². The maximum absolute atomic E-state index is 4.90. The Kier molecular flexibility index (Phi) is 35.6. The minimum Gasteiger partial charge on any atom is -0.368 e. The third kappa shape index (κ3) is 31.8. The monoisotopic (exact) mass is 601 g/mol. The van der Waals surface area contributed by atoms with E-state index >= 15 is 0 Å². The number of allylic oxidation sites excluding steroid dienone is 4. The molecule has 5 N–H and O–H groups in total. The fourth-order valence-corrected chi connectivity index (χ4v) is 5.49. The Morgan fingerprint density at radius 1 is 0.581 bits per heavy atom. The van der Waals surface area contributed by atoms with Crippen molar-refractivity contribution in [3.05, 3.63) is 36.0 Å². The molecule has 1 aliphatic heterocycles. The zero-order chi connectivity index (χ0) is 31.3. The van der Waals surface area contributed by atoms with E-state index in [0.29, 0.717) is 13.1 Å². The molecule has 0 aliphatic carbocycles. The van der Waals surface area contributed by atoms with E-state index in [4.69, 9.17) is 11.5 Å². The Balaban J connectivity index is 0.00000413. The van der Waals surface area contributed by atoms with Crippen LogP contribution in [0.1, 0.15) is 181 Å². The van der Waals surface area contributed by atoms with Crippen molar-refractivity contribution < 1.29 is 0 Å². The maximum atomic E-state index is 4.90. The average Bonchev–Trinajstić information content (AvgIpc) is 3.57. The van der Waals surface area contributed by atoms with Crippen molar-refractivity contribution in [2.75, 3.05) is 26.2 Å². The highest BCUT2D eigenvalue weighted by molar-refractivity contribution is 6.01. The molecule has 0 aromatic carbocycles. The maximum Gasteiger partial charge on any atom is 0.128 e. The summed E-state index contributed by atoms with van der Waals surface area (Å²) in [6.45, 7) is 7.67. The summed E-state index contributed by atoms with van der Waals surface area (Å²) in [7, 11) is 0. The minimum atomic E-state index is 0.597. The van der Waals surface area contributed by atoms with Gasteiger partial charge in [0.15, 0.2) is 0 Å². The molecule has 43 heavy (non-hydrogen) atoms. The van der Waals surface area contributed by atoms with Gasteiger partial charge in [-0.25, -0.2) is 0 Å². The molecule has 0 aromatic rings. The van der Waals surface area contributed by atoms with Crippen LogP contribution in [0.3, 0.4) is 0 Å². The molecule has 0 radical (unpaired) electrons. The van der Waals surface area contributed by atoms with Crippen LogP contribution in [0.5, 0.6) is 0 Å². The third-order valence-electron chi connectivity index (χ3n) is 8.27. The van der Waals surface area contributed by atoms with Crippen LogP contribution >= 0.6 is 0 Å². The number of nitrogens with two attached hydrogens (primary N) is 2. The lowest BCUT2D eigenvalue weighted by Crippen LogP contribution is -2.19. The van der Waals surface area contributed by atoms with Gasteiger partial charge in [-0.2, -0.15) is 0 Å². The normalized spacial score (nSPS) is 13.5. The zero-order valence-electron chi connectivity index (χ0n) is 29.2. The van der Waals surface area contributed by atoms with Gasteiger partial charge in [-0.15, -0.1) is 0 Å². The van der Waals surface area contributed by atoms with Gasteiger partial charge in [0.2, 0.25) is 0 Å². The molecule has 0 aromatic heterocycles.